The van der Waals surface area contributed by atoms with Gasteiger partial charge in [-0.3, -0.25) is 0 Å². The summed E-state index contributed by atoms with van der Waals surface area (Å²) < 4.78 is 0. The molecule has 0 saturated carbocycles. The normalized spacial score (nSPS) is 8.00. The predicted octanol–water partition coefficient (Wildman–Crippen LogP) is -1.60. The van der Waals surface area contributed by atoms with Crippen molar-refractivity contribution in [3.05, 3.63) is 12.7 Å². The lowest BCUT2D eigenvalue weighted by molar-refractivity contribution is 0.881. The van der Waals surface area contributed by atoms with Crippen LogP contribution in [-0.2, 0) is 0 Å². The Bertz CT molecular complexity index is 146. The molecular formula is C2H4N8. The molecule has 2 N–H and O–H groups in total. The quantitative estimate of drug-likeness (QED) is 0.456. The van der Waals surface area contributed by atoms with Crippen LogP contribution in [0.15, 0.2) is 12.7 Å². The SMILES string of the molecule is c1nnn[nH]1.c1nnn[nH]1. The maximum absolute atomic E-state index is 3.31. The van der Waals surface area contributed by atoms with Crippen molar-refractivity contribution in [1.82, 2.24) is 41.2 Å². The van der Waals surface area contributed by atoms with Crippen molar-refractivity contribution < 1.29 is 0 Å². The molecule has 0 spiro atoms. The Morgan fingerprint density at radius 2 is 1.30 bits per heavy atom. The van der Waals surface area contributed by atoms with Gasteiger partial charge < -0.3 is 0 Å². The van der Waals surface area contributed by atoms with Gasteiger partial charge in [0, 0.05) is 0 Å². The van der Waals surface area contributed by atoms with E-state index in [1.807, 2.05) is 0 Å². The van der Waals surface area contributed by atoms with E-state index in [1.54, 1.807) is 0 Å². The monoisotopic (exact) mass is 140 g/mol. The third kappa shape index (κ3) is 2.45. The first-order valence-corrected chi connectivity index (χ1v) is 2.34. The molecule has 2 aromatic heterocycles. The van der Waals surface area contributed by atoms with Crippen LogP contribution in [0.4, 0.5) is 0 Å². The molecule has 52 valence electrons. The minimum absolute atomic E-state index is 1.40. The molecule has 0 radical (unpaired) electrons. The summed E-state index contributed by atoms with van der Waals surface area (Å²) in [5, 5.41) is 24.2. The van der Waals surface area contributed by atoms with E-state index in [0.29, 0.717) is 0 Å². The van der Waals surface area contributed by atoms with Gasteiger partial charge in [-0.15, -0.1) is 10.2 Å². The molecule has 2 aromatic rings. The van der Waals surface area contributed by atoms with Crippen LogP contribution in [0.2, 0.25) is 0 Å². The highest BCUT2D eigenvalue weighted by Crippen LogP contribution is 1.44. The molecule has 10 heavy (non-hydrogen) atoms. The Kier molecular flexibility index (Phi) is 2.54. The third-order valence-electron chi connectivity index (χ3n) is 0.539. The van der Waals surface area contributed by atoms with E-state index in [2.05, 4.69) is 41.2 Å². The van der Waals surface area contributed by atoms with Crippen LogP contribution in [0.1, 0.15) is 0 Å². The molecular weight excluding hydrogens is 136 g/mol. The van der Waals surface area contributed by atoms with Crippen LogP contribution in [-0.4, -0.2) is 41.2 Å². The molecule has 0 bridgehead atoms. The number of rotatable bonds is 0. The number of tetrazole rings is 2. The van der Waals surface area contributed by atoms with Gasteiger partial charge in [0.2, 0.25) is 0 Å². The maximum atomic E-state index is 3.31. The second-order valence-corrected chi connectivity index (χ2v) is 1.13. The average Bonchev–Trinajstić information content (AvgIpc) is 2.67. The van der Waals surface area contributed by atoms with Crippen LogP contribution in [0.3, 0.4) is 0 Å². The van der Waals surface area contributed by atoms with E-state index < -0.39 is 0 Å². The first-order valence-electron chi connectivity index (χ1n) is 2.34. The number of nitrogens with one attached hydrogen (secondary N) is 2. The highest BCUT2D eigenvalue weighted by molar-refractivity contribution is 4.25. The van der Waals surface area contributed by atoms with E-state index in [9.17, 15) is 0 Å². The molecule has 0 aromatic carbocycles. The van der Waals surface area contributed by atoms with Gasteiger partial charge in [0.05, 0.1) is 0 Å². The fraction of sp³-hybridized carbons (Fsp3) is 0. The minimum atomic E-state index is 1.40. The van der Waals surface area contributed by atoms with Crippen LogP contribution in [0, 0.1) is 0 Å². The van der Waals surface area contributed by atoms with Crippen LogP contribution < -0.4 is 0 Å². The highest BCUT2D eigenvalue weighted by Gasteiger charge is 1.59. The summed E-state index contributed by atoms with van der Waals surface area (Å²) in [6, 6.07) is 0. The lowest BCUT2D eigenvalue weighted by atomic mass is 11.4. The molecule has 8 nitrogen and oxygen atoms in total. The largest absolute Gasteiger partial charge is 0.246 e. The molecule has 0 aliphatic rings. The summed E-state index contributed by atoms with van der Waals surface area (Å²) >= 11 is 0. The zero-order valence-electron chi connectivity index (χ0n) is 4.84. The topological polar surface area (TPSA) is 109 Å². The molecule has 0 saturated heterocycles. The molecule has 0 atom stereocenters. The summed E-state index contributed by atoms with van der Waals surface area (Å²) in [6.07, 6.45) is 2.81. The molecule has 2 heterocycles. The van der Waals surface area contributed by atoms with Crippen molar-refractivity contribution in [2.45, 2.75) is 0 Å². The van der Waals surface area contributed by atoms with Gasteiger partial charge in [0.15, 0.2) is 0 Å². The van der Waals surface area contributed by atoms with Crippen LogP contribution >= 0.6 is 0 Å². The van der Waals surface area contributed by atoms with Gasteiger partial charge in [-0.05, 0) is 20.9 Å². The number of nitrogens with zero attached hydrogens (tertiary/aromatic N) is 6. The minimum Gasteiger partial charge on any atom is -0.246 e. The number of hydrogen-bond acceptors (Lipinski definition) is 6. The van der Waals surface area contributed by atoms with Gasteiger partial charge in [0.1, 0.15) is 12.7 Å². The Balaban J connectivity index is 0.0000001000. The molecule has 0 aliphatic heterocycles. The Morgan fingerprint density at radius 1 is 0.800 bits per heavy atom. The summed E-state index contributed by atoms with van der Waals surface area (Å²) in [5.41, 5.74) is 0. The number of aromatic amines is 2. The van der Waals surface area contributed by atoms with Crippen molar-refractivity contribution in [2.24, 2.45) is 0 Å². The molecule has 0 unspecified atom stereocenters. The molecule has 0 fully saturated rings. The van der Waals surface area contributed by atoms with Gasteiger partial charge in [0.25, 0.3) is 0 Å². The van der Waals surface area contributed by atoms with E-state index >= 15 is 0 Å². The smallest absolute Gasteiger partial charge is 0.135 e. The Morgan fingerprint density at radius 3 is 1.40 bits per heavy atom. The van der Waals surface area contributed by atoms with Gasteiger partial charge in [-0.1, -0.05) is 0 Å². The summed E-state index contributed by atoms with van der Waals surface area (Å²) in [5.74, 6) is 0. The summed E-state index contributed by atoms with van der Waals surface area (Å²) in [4.78, 5) is 0. The number of aromatic nitrogens is 8. The van der Waals surface area contributed by atoms with E-state index in [-0.39, 0.29) is 0 Å². The summed E-state index contributed by atoms with van der Waals surface area (Å²) in [6.45, 7) is 0. The lowest BCUT2D eigenvalue weighted by Gasteiger charge is -1.42. The standard InChI is InChI=1S/2CH2N4/c2*1-2-4-5-3-1/h2*1H,(H,2,3,4,5). The van der Waals surface area contributed by atoms with Gasteiger partial charge in [-0.2, -0.15) is 0 Å². The van der Waals surface area contributed by atoms with Crippen molar-refractivity contribution in [2.75, 3.05) is 0 Å². The number of H-pyrrole nitrogens is 2. The molecule has 8 heteroatoms. The highest BCUT2D eigenvalue weighted by atomic mass is 15.5. The maximum Gasteiger partial charge on any atom is 0.135 e. The predicted molar refractivity (Wildman–Crippen MR) is 28.4 cm³/mol. The molecule has 0 aliphatic carbocycles. The first kappa shape index (κ1) is 6.26. The molecule has 2 rings (SSSR count). The Labute approximate surface area is 55.0 Å². The first-order chi connectivity index (χ1) is 5.00. The van der Waals surface area contributed by atoms with E-state index in [1.165, 1.54) is 12.7 Å². The third-order valence-corrected chi connectivity index (χ3v) is 0.539. The summed E-state index contributed by atoms with van der Waals surface area (Å²) in [7, 11) is 0. The van der Waals surface area contributed by atoms with Crippen LogP contribution in [0.5, 0.6) is 0 Å². The van der Waals surface area contributed by atoms with E-state index in [4.69, 9.17) is 0 Å². The van der Waals surface area contributed by atoms with Crippen molar-refractivity contribution in [3.63, 3.8) is 0 Å². The van der Waals surface area contributed by atoms with Gasteiger partial charge in [-0.25, -0.2) is 10.2 Å². The Hall–Kier alpha value is -1.86. The molecule has 0 amide bonds. The second-order valence-electron chi connectivity index (χ2n) is 1.13. The van der Waals surface area contributed by atoms with Crippen LogP contribution in [0.25, 0.3) is 0 Å². The van der Waals surface area contributed by atoms with Crippen molar-refractivity contribution in [3.8, 4) is 0 Å². The average molecular weight is 140 g/mol. The fourth-order valence-electron chi connectivity index (χ4n) is 0.258. The van der Waals surface area contributed by atoms with Crippen molar-refractivity contribution in [1.29, 1.82) is 0 Å². The second kappa shape index (κ2) is 4.06. The van der Waals surface area contributed by atoms with Gasteiger partial charge >= 0.3 is 0 Å². The van der Waals surface area contributed by atoms with Crippen molar-refractivity contribution >= 4 is 0 Å². The zero-order chi connectivity index (χ0) is 7.07. The zero-order valence-corrected chi connectivity index (χ0v) is 4.84. The number of hydrogen-bond donors (Lipinski definition) is 2. The lowest BCUT2D eigenvalue weighted by Crippen LogP contribution is -1.64. The fourth-order valence-corrected chi connectivity index (χ4v) is 0.258. The van der Waals surface area contributed by atoms with E-state index in [0.717, 1.165) is 0 Å².